The fraction of sp³-hybridized carbons (Fsp3) is 0.412. The fourth-order valence-corrected chi connectivity index (χ4v) is 2.84. The summed E-state index contributed by atoms with van der Waals surface area (Å²) in [5, 5.41) is 9.82. The number of urea groups is 1. The number of anilines is 1. The molecule has 1 fully saturated rings. The van der Waals surface area contributed by atoms with Crippen LogP contribution in [0.25, 0.3) is 0 Å². The molecule has 2 N–H and O–H groups in total. The number of hydrogen-bond acceptors (Lipinski definition) is 3. The highest BCUT2D eigenvalue weighted by atomic mass is 19.1. The van der Waals surface area contributed by atoms with E-state index in [1.165, 1.54) is 12.1 Å². The van der Waals surface area contributed by atoms with Gasteiger partial charge in [-0.15, -0.1) is 0 Å². The summed E-state index contributed by atoms with van der Waals surface area (Å²) in [6.07, 6.45) is 5.06. The van der Waals surface area contributed by atoms with Crippen LogP contribution in [-0.2, 0) is 11.3 Å². The Labute approximate surface area is 140 Å². The molecule has 0 bridgehead atoms. The maximum absolute atomic E-state index is 13.2. The Morgan fingerprint density at radius 1 is 1.46 bits per heavy atom. The summed E-state index contributed by atoms with van der Waals surface area (Å²) in [6, 6.07) is 5.48. The first-order valence-electron chi connectivity index (χ1n) is 8.12. The number of rotatable bonds is 5. The molecule has 3 rings (SSSR count). The van der Waals surface area contributed by atoms with Crippen LogP contribution in [0, 0.1) is 5.82 Å². The molecule has 2 unspecified atom stereocenters. The molecule has 1 aromatic heterocycles. The van der Waals surface area contributed by atoms with Crippen LogP contribution in [0.2, 0.25) is 0 Å². The van der Waals surface area contributed by atoms with Crippen molar-refractivity contribution in [3.05, 3.63) is 48.0 Å². The molecular formula is C17H21FN4O2. The molecule has 24 heavy (non-hydrogen) atoms. The number of nitrogens with zero attached hydrogens (tertiary/aromatic N) is 2. The number of nitrogens with one attached hydrogen (secondary N) is 2. The van der Waals surface area contributed by atoms with Crippen LogP contribution in [-0.4, -0.2) is 28.5 Å². The number of aryl methyl sites for hydroxylation is 1. The second kappa shape index (κ2) is 7.44. The average Bonchev–Trinajstić information content (AvgIpc) is 3.25. The lowest BCUT2D eigenvalue weighted by Crippen LogP contribution is -2.38. The van der Waals surface area contributed by atoms with Crippen LogP contribution in [0.4, 0.5) is 14.9 Å². The van der Waals surface area contributed by atoms with Crippen LogP contribution in [0.1, 0.15) is 31.4 Å². The zero-order valence-electron chi connectivity index (χ0n) is 13.5. The number of halogens is 1. The highest BCUT2D eigenvalue weighted by Crippen LogP contribution is 2.27. The number of aromatic nitrogens is 2. The predicted octanol–water partition coefficient (Wildman–Crippen LogP) is 3.08. The van der Waals surface area contributed by atoms with Gasteiger partial charge in [-0.05, 0) is 37.5 Å². The second-order valence-electron chi connectivity index (χ2n) is 5.76. The van der Waals surface area contributed by atoms with E-state index >= 15 is 0 Å². The molecule has 6 nitrogen and oxygen atoms in total. The summed E-state index contributed by atoms with van der Waals surface area (Å²) in [7, 11) is 0. The maximum Gasteiger partial charge on any atom is 0.319 e. The normalized spacial score (nSPS) is 18.3. The fourth-order valence-electron chi connectivity index (χ4n) is 2.84. The largest absolute Gasteiger partial charge is 0.376 e. The Morgan fingerprint density at radius 2 is 2.25 bits per heavy atom. The van der Waals surface area contributed by atoms with E-state index in [-0.39, 0.29) is 24.0 Å². The van der Waals surface area contributed by atoms with Crippen LogP contribution < -0.4 is 10.6 Å². The Balaban J connectivity index is 1.70. The van der Waals surface area contributed by atoms with Gasteiger partial charge in [0, 0.05) is 19.3 Å². The SMILES string of the molecule is CCn1cc(NC(=O)NC(c2ccc(F)cc2)C2CCCO2)cn1. The molecule has 7 heteroatoms. The van der Waals surface area contributed by atoms with Crippen molar-refractivity contribution in [1.82, 2.24) is 15.1 Å². The molecule has 128 valence electrons. The molecule has 2 heterocycles. The summed E-state index contributed by atoms with van der Waals surface area (Å²) < 4.78 is 20.6. The minimum Gasteiger partial charge on any atom is -0.376 e. The minimum absolute atomic E-state index is 0.112. The van der Waals surface area contributed by atoms with E-state index in [0.29, 0.717) is 12.3 Å². The first-order valence-corrected chi connectivity index (χ1v) is 8.12. The van der Waals surface area contributed by atoms with E-state index < -0.39 is 0 Å². The highest BCUT2D eigenvalue weighted by molar-refractivity contribution is 5.89. The number of hydrogen-bond donors (Lipinski definition) is 2. The van der Waals surface area contributed by atoms with Gasteiger partial charge < -0.3 is 15.4 Å². The van der Waals surface area contributed by atoms with Crippen LogP contribution in [0.15, 0.2) is 36.7 Å². The maximum atomic E-state index is 13.2. The number of ether oxygens (including phenoxy) is 1. The summed E-state index contributed by atoms with van der Waals surface area (Å²) in [4.78, 5) is 12.3. The summed E-state index contributed by atoms with van der Waals surface area (Å²) in [5.74, 6) is -0.304. The molecule has 0 aliphatic carbocycles. The number of carbonyl (C=O) groups is 1. The topological polar surface area (TPSA) is 68.2 Å². The zero-order chi connectivity index (χ0) is 16.9. The monoisotopic (exact) mass is 332 g/mol. The van der Waals surface area contributed by atoms with Crippen LogP contribution in [0.5, 0.6) is 0 Å². The van der Waals surface area contributed by atoms with E-state index in [1.54, 1.807) is 29.2 Å². The van der Waals surface area contributed by atoms with Gasteiger partial charge in [0.15, 0.2) is 0 Å². The Kier molecular flexibility index (Phi) is 5.10. The molecule has 2 atom stereocenters. The van der Waals surface area contributed by atoms with Gasteiger partial charge in [-0.3, -0.25) is 4.68 Å². The third-order valence-corrected chi connectivity index (χ3v) is 4.07. The number of benzene rings is 1. The molecular weight excluding hydrogens is 311 g/mol. The smallest absolute Gasteiger partial charge is 0.319 e. The zero-order valence-corrected chi connectivity index (χ0v) is 13.5. The van der Waals surface area contributed by atoms with Crippen molar-refractivity contribution in [2.24, 2.45) is 0 Å². The first kappa shape index (κ1) is 16.4. The molecule has 0 saturated carbocycles. The molecule has 1 saturated heterocycles. The third kappa shape index (κ3) is 3.91. The molecule has 0 spiro atoms. The molecule has 2 aromatic rings. The molecule has 1 aliphatic heterocycles. The van der Waals surface area contributed by atoms with Gasteiger partial charge >= 0.3 is 6.03 Å². The van der Waals surface area contributed by atoms with Crippen molar-refractivity contribution in [3.8, 4) is 0 Å². The number of carbonyl (C=O) groups excluding carboxylic acids is 1. The molecule has 1 aromatic carbocycles. The number of amides is 2. The quantitative estimate of drug-likeness (QED) is 0.884. The third-order valence-electron chi connectivity index (χ3n) is 4.07. The Morgan fingerprint density at radius 3 is 2.88 bits per heavy atom. The molecule has 0 radical (unpaired) electrons. The van der Waals surface area contributed by atoms with Crippen molar-refractivity contribution in [3.63, 3.8) is 0 Å². The van der Waals surface area contributed by atoms with Gasteiger partial charge in [-0.25, -0.2) is 9.18 Å². The highest BCUT2D eigenvalue weighted by Gasteiger charge is 2.28. The van der Waals surface area contributed by atoms with Gasteiger partial charge in [0.05, 0.1) is 24.0 Å². The Bertz CT molecular complexity index is 680. The lowest BCUT2D eigenvalue weighted by molar-refractivity contribution is 0.0815. The van der Waals surface area contributed by atoms with Crippen molar-refractivity contribution in [1.29, 1.82) is 0 Å². The van der Waals surface area contributed by atoms with Gasteiger partial charge in [-0.1, -0.05) is 12.1 Å². The van der Waals surface area contributed by atoms with Crippen LogP contribution >= 0.6 is 0 Å². The van der Waals surface area contributed by atoms with Crippen molar-refractivity contribution < 1.29 is 13.9 Å². The Hall–Kier alpha value is -2.41. The van der Waals surface area contributed by atoms with Gasteiger partial charge in [0.25, 0.3) is 0 Å². The predicted molar refractivity (Wildman–Crippen MR) is 88.2 cm³/mol. The van der Waals surface area contributed by atoms with E-state index in [9.17, 15) is 9.18 Å². The first-order chi connectivity index (χ1) is 11.7. The lowest BCUT2D eigenvalue weighted by Gasteiger charge is -2.24. The van der Waals surface area contributed by atoms with Crippen molar-refractivity contribution >= 4 is 11.7 Å². The van der Waals surface area contributed by atoms with E-state index in [4.69, 9.17) is 4.74 Å². The van der Waals surface area contributed by atoms with Crippen LogP contribution in [0.3, 0.4) is 0 Å². The summed E-state index contributed by atoms with van der Waals surface area (Å²) >= 11 is 0. The van der Waals surface area contributed by atoms with Gasteiger partial charge in [-0.2, -0.15) is 5.10 Å². The molecule has 1 aliphatic rings. The summed E-state index contributed by atoms with van der Waals surface area (Å²) in [5.41, 5.74) is 1.45. The average molecular weight is 332 g/mol. The van der Waals surface area contributed by atoms with Gasteiger partial charge in [0.2, 0.25) is 0 Å². The minimum atomic E-state index is -0.338. The summed E-state index contributed by atoms with van der Waals surface area (Å²) in [6.45, 7) is 3.38. The molecule has 2 amide bonds. The van der Waals surface area contributed by atoms with E-state index in [2.05, 4.69) is 15.7 Å². The van der Waals surface area contributed by atoms with Crippen molar-refractivity contribution in [2.75, 3.05) is 11.9 Å². The van der Waals surface area contributed by atoms with Crippen molar-refractivity contribution in [2.45, 2.75) is 38.5 Å². The lowest BCUT2D eigenvalue weighted by atomic mass is 9.99. The van der Waals surface area contributed by atoms with E-state index in [1.807, 2.05) is 6.92 Å². The standard InChI is InChI=1S/C17H21FN4O2/c1-2-22-11-14(10-19-22)20-17(23)21-16(15-4-3-9-24-15)12-5-7-13(18)8-6-12/h5-8,10-11,15-16H,2-4,9H2,1H3,(H2,20,21,23). The second-order valence-corrected chi connectivity index (χ2v) is 5.76. The van der Waals surface area contributed by atoms with E-state index in [0.717, 1.165) is 24.9 Å². The van der Waals surface area contributed by atoms with Gasteiger partial charge in [0.1, 0.15) is 5.82 Å².